The van der Waals surface area contributed by atoms with E-state index in [1.54, 1.807) is 0 Å². The second-order valence-corrected chi connectivity index (χ2v) is 7.63. The van der Waals surface area contributed by atoms with Gasteiger partial charge in [0.2, 0.25) is 0 Å². The van der Waals surface area contributed by atoms with Crippen molar-refractivity contribution in [1.82, 2.24) is 4.90 Å². The smallest absolute Gasteiger partial charge is 0.306 e. The Kier molecular flexibility index (Phi) is 10.1. The van der Waals surface area contributed by atoms with Crippen molar-refractivity contribution in [3.05, 3.63) is 24.6 Å². The molecule has 0 aromatic carbocycles. The average Bonchev–Trinajstić information content (AvgIpc) is 2.59. The summed E-state index contributed by atoms with van der Waals surface area (Å²) in [5.74, 6) is -3.16. The van der Waals surface area contributed by atoms with E-state index in [2.05, 4.69) is 6.92 Å². The first-order valence-corrected chi connectivity index (χ1v) is 9.91. The number of carbonyl (C=O) groups is 2. The first kappa shape index (κ1) is 22.3. The number of aliphatic carboxylic acids is 2. The Labute approximate surface area is 157 Å². The molecule has 26 heavy (non-hydrogen) atoms. The van der Waals surface area contributed by atoms with E-state index in [1.165, 1.54) is 0 Å². The zero-order valence-electron chi connectivity index (χ0n) is 16.4. The minimum Gasteiger partial charge on any atom is -0.481 e. The molecule has 2 N–H and O–H groups in total. The van der Waals surface area contributed by atoms with E-state index in [0.29, 0.717) is 6.54 Å². The molecule has 5 heteroatoms. The van der Waals surface area contributed by atoms with Gasteiger partial charge in [0.1, 0.15) is 0 Å². The summed E-state index contributed by atoms with van der Waals surface area (Å²) in [5, 5.41) is 19.3. The van der Waals surface area contributed by atoms with Crippen molar-refractivity contribution in [3.8, 4) is 0 Å². The van der Waals surface area contributed by atoms with Gasteiger partial charge in [0, 0.05) is 6.54 Å². The summed E-state index contributed by atoms with van der Waals surface area (Å²) in [4.78, 5) is 25.6. The van der Waals surface area contributed by atoms with Crippen LogP contribution in [0.3, 0.4) is 0 Å². The quantitative estimate of drug-likeness (QED) is 0.460. The van der Waals surface area contributed by atoms with E-state index >= 15 is 0 Å². The van der Waals surface area contributed by atoms with Gasteiger partial charge in [-0.05, 0) is 43.5 Å². The van der Waals surface area contributed by atoms with Crippen molar-refractivity contribution in [2.75, 3.05) is 6.54 Å². The van der Waals surface area contributed by atoms with Gasteiger partial charge in [-0.15, -0.1) is 0 Å². The van der Waals surface area contributed by atoms with Crippen molar-refractivity contribution in [2.24, 2.45) is 23.7 Å². The van der Waals surface area contributed by atoms with Crippen LogP contribution < -0.4 is 0 Å². The van der Waals surface area contributed by atoms with Gasteiger partial charge in [0.15, 0.2) is 0 Å². The predicted octanol–water partition coefficient (Wildman–Crippen LogP) is 4.75. The lowest BCUT2D eigenvalue weighted by Crippen LogP contribution is -2.34. The van der Waals surface area contributed by atoms with Crippen LogP contribution in [0.1, 0.15) is 65.7 Å². The van der Waals surface area contributed by atoms with Crippen molar-refractivity contribution in [2.45, 2.75) is 65.7 Å². The van der Waals surface area contributed by atoms with Crippen LogP contribution >= 0.6 is 0 Å². The minimum absolute atomic E-state index is 0.00631. The Morgan fingerprint density at radius 3 is 2.08 bits per heavy atom. The molecule has 0 aromatic rings. The molecule has 0 aromatic heterocycles. The average molecular weight is 366 g/mol. The fourth-order valence-electron chi connectivity index (χ4n) is 3.62. The molecule has 148 valence electrons. The third-order valence-electron chi connectivity index (χ3n) is 5.39. The van der Waals surface area contributed by atoms with Gasteiger partial charge in [0.05, 0.1) is 11.8 Å². The Morgan fingerprint density at radius 1 is 0.962 bits per heavy atom. The summed E-state index contributed by atoms with van der Waals surface area (Å²) in [7, 11) is 0. The molecule has 0 amide bonds. The van der Waals surface area contributed by atoms with Crippen LogP contribution in [0, 0.1) is 23.7 Å². The highest BCUT2D eigenvalue weighted by molar-refractivity contribution is 5.74. The van der Waals surface area contributed by atoms with E-state index in [9.17, 15) is 19.8 Å². The highest BCUT2D eigenvalue weighted by Gasteiger charge is 2.34. The lowest BCUT2D eigenvalue weighted by Gasteiger charge is -2.29. The summed E-state index contributed by atoms with van der Waals surface area (Å²) in [6.07, 6.45) is 14.3. The molecule has 0 bridgehead atoms. The third kappa shape index (κ3) is 7.63. The molecule has 0 saturated heterocycles. The Bertz CT molecular complexity index is 488. The largest absolute Gasteiger partial charge is 0.481 e. The molecule has 5 nitrogen and oxygen atoms in total. The van der Waals surface area contributed by atoms with Crippen molar-refractivity contribution >= 4 is 11.9 Å². The van der Waals surface area contributed by atoms with Crippen molar-refractivity contribution in [3.63, 3.8) is 0 Å². The molecule has 1 rings (SSSR count). The van der Waals surface area contributed by atoms with Gasteiger partial charge >= 0.3 is 11.9 Å². The zero-order chi connectivity index (χ0) is 19.5. The summed E-state index contributed by atoms with van der Waals surface area (Å²) >= 11 is 0. The highest BCUT2D eigenvalue weighted by Crippen LogP contribution is 2.30. The first-order valence-electron chi connectivity index (χ1n) is 9.91. The number of nitrogens with zero attached hydrogens (tertiary/aromatic N) is 1. The monoisotopic (exact) mass is 365 g/mol. The van der Waals surface area contributed by atoms with Crippen LogP contribution in [0.15, 0.2) is 24.6 Å². The summed E-state index contributed by atoms with van der Waals surface area (Å²) in [6.45, 7) is 6.58. The lowest BCUT2D eigenvalue weighted by molar-refractivity contribution is -0.148. The van der Waals surface area contributed by atoms with Gasteiger partial charge in [-0.3, -0.25) is 9.59 Å². The minimum atomic E-state index is -0.896. The van der Waals surface area contributed by atoms with Gasteiger partial charge in [-0.2, -0.15) is 0 Å². The summed E-state index contributed by atoms with van der Waals surface area (Å²) in [6, 6.07) is 0. The molecule has 0 aliphatic carbocycles. The number of carboxylic acid groups (broad SMARTS) is 2. The van der Waals surface area contributed by atoms with E-state index < -0.39 is 23.8 Å². The second-order valence-electron chi connectivity index (χ2n) is 7.63. The second kappa shape index (κ2) is 11.8. The van der Waals surface area contributed by atoms with Crippen molar-refractivity contribution in [1.29, 1.82) is 0 Å². The Morgan fingerprint density at radius 2 is 1.54 bits per heavy atom. The van der Waals surface area contributed by atoms with Crippen LogP contribution in [0.2, 0.25) is 0 Å². The number of unbranched alkanes of at least 4 members (excludes halogenated alkanes) is 3. The van der Waals surface area contributed by atoms with E-state index in [1.807, 2.05) is 43.3 Å². The standard InChI is InChI=1S/C21H35NO4/c1-4-5-6-8-11-16(2)18(20(23)24)14-19(21(25)26)17(3)15-22-12-9-7-10-13-22/h9-10,12-13,16-19H,4-8,11,14-15H2,1-3H3,(H,23,24)(H,25,26). The summed E-state index contributed by atoms with van der Waals surface area (Å²) in [5.41, 5.74) is 0. The molecule has 0 fully saturated rings. The molecular formula is C21H35NO4. The molecule has 1 aliphatic rings. The Balaban J connectivity index is 2.68. The molecular weight excluding hydrogens is 330 g/mol. The van der Waals surface area contributed by atoms with Gasteiger partial charge in [-0.1, -0.05) is 58.6 Å². The fourth-order valence-corrected chi connectivity index (χ4v) is 3.62. The predicted molar refractivity (Wildman–Crippen MR) is 104 cm³/mol. The molecule has 1 aliphatic heterocycles. The van der Waals surface area contributed by atoms with Gasteiger partial charge in [-0.25, -0.2) is 0 Å². The van der Waals surface area contributed by atoms with E-state index in [0.717, 1.165) is 38.5 Å². The van der Waals surface area contributed by atoms with Gasteiger partial charge < -0.3 is 15.1 Å². The van der Waals surface area contributed by atoms with Crippen LogP contribution in [0.4, 0.5) is 0 Å². The van der Waals surface area contributed by atoms with E-state index in [4.69, 9.17) is 0 Å². The number of hydrogen-bond donors (Lipinski definition) is 2. The molecule has 0 radical (unpaired) electrons. The SMILES string of the molecule is CCCCCCC(C)C(CC(C(=O)O)C(C)CN1C=CCC=C1)C(=O)O. The number of carboxylic acids is 2. The van der Waals surface area contributed by atoms with Gasteiger partial charge in [0.25, 0.3) is 0 Å². The molecule has 4 unspecified atom stereocenters. The van der Waals surface area contributed by atoms with Crippen LogP contribution in [-0.4, -0.2) is 33.6 Å². The van der Waals surface area contributed by atoms with Crippen LogP contribution in [-0.2, 0) is 9.59 Å². The van der Waals surface area contributed by atoms with Crippen LogP contribution in [0.25, 0.3) is 0 Å². The number of hydrogen-bond acceptors (Lipinski definition) is 3. The molecule has 0 saturated carbocycles. The first-order chi connectivity index (χ1) is 12.4. The number of rotatable bonds is 13. The maximum absolute atomic E-state index is 11.8. The fraction of sp³-hybridized carbons (Fsp3) is 0.714. The topological polar surface area (TPSA) is 77.8 Å². The zero-order valence-corrected chi connectivity index (χ0v) is 16.4. The molecule has 4 atom stereocenters. The van der Waals surface area contributed by atoms with Crippen molar-refractivity contribution < 1.29 is 19.8 Å². The highest BCUT2D eigenvalue weighted by atomic mass is 16.4. The molecule has 0 spiro atoms. The molecule has 1 heterocycles. The van der Waals surface area contributed by atoms with Crippen LogP contribution in [0.5, 0.6) is 0 Å². The normalized spacial score (nSPS) is 18.3. The van der Waals surface area contributed by atoms with E-state index in [-0.39, 0.29) is 18.3 Å². The third-order valence-corrected chi connectivity index (χ3v) is 5.39. The Hall–Kier alpha value is -1.78. The maximum Gasteiger partial charge on any atom is 0.306 e. The maximum atomic E-state index is 11.8. The summed E-state index contributed by atoms with van der Waals surface area (Å²) < 4.78 is 0. The lowest BCUT2D eigenvalue weighted by atomic mass is 9.78. The number of allylic oxidation sites excluding steroid dienone is 2.